The summed E-state index contributed by atoms with van der Waals surface area (Å²) in [6.45, 7) is 8.08. The third-order valence-electron chi connectivity index (χ3n) is 4.90. The van der Waals surface area contributed by atoms with Crippen LogP contribution in [0.25, 0.3) is 0 Å². The standard InChI is InChI=1S/C20H30N6.HI/c1-5-15-8-6-7-9-16(15)12-22-20(21-4)23-17-10-11-18-24-19(14(2)3)25-26(18)13-17;/h6-9,14,17H,5,10-13H2,1-4H3,(H2,21,22,23);1H. The molecular formula is C20H31IN6. The van der Waals surface area contributed by atoms with Crippen LogP contribution in [0, 0.1) is 0 Å². The van der Waals surface area contributed by atoms with Gasteiger partial charge < -0.3 is 10.6 Å². The number of guanidine groups is 1. The maximum Gasteiger partial charge on any atom is 0.191 e. The smallest absolute Gasteiger partial charge is 0.191 e. The summed E-state index contributed by atoms with van der Waals surface area (Å²) in [6.07, 6.45) is 3.04. The number of aliphatic imine (C=N–C) groups is 1. The molecule has 1 aliphatic rings. The predicted octanol–water partition coefficient (Wildman–Crippen LogP) is 3.26. The minimum Gasteiger partial charge on any atom is -0.352 e. The van der Waals surface area contributed by atoms with Crippen LogP contribution in [0.5, 0.6) is 0 Å². The number of hydrogen-bond acceptors (Lipinski definition) is 3. The zero-order valence-electron chi connectivity index (χ0n) is 16.7. The van der Waals surface area contributed by atoms with E-state index in [2.05, 4.69) is 75.4 Å². The lowest BCUT2D eigenvalue weighted by atomic mass is 10.1. The monoisotopic (exact) mass is 482 g/mol. The molecule has 2 aromatic rings. The second-order valence-corrected chi connectivity index (χ2v) is 7.15. The second kappa shape index (κ2) is 10.1. The number of aromatic nitrogens is 3. The second-order valence-electron chi connectivity index (χ2n) is 7.15. The summed E-state index contributed by atoms with van der Waals surface area (Å²) < 4.78 is 2.05. The van der Waals surface area contributed by atoms with Gasteiger partial charge >= 0.3 is 0 Å². The van der Waals surface area contributed by atoms with E-state index in [1.165, 1.54) is 11.1 Å². The Balaban J connectivity index is 0.00000261. The van der Waals surface area contributed by atoms with E-state index in [9.17, 15) is 0 Å². The molecule has 3 rings (SSSR count). The van der Waals surface area contributed by atoms with Crippen LogP contribution >= 0.6 is 24.0 Å². The molecule has 148 valence electrons. The highest BCUT2D eigenvalue weighted by Gasteiger charge is 2.23. The molecule has 0 amide bonds. The Hall–Kier alpha value is -1.64. The molecular weight excluding hydrogens is 451 g/mol. The summed E-state index contributed by atoms with van der Waals surface area (Å²) >= 11 is 0. The summed E-state index contributed by atoms with van der Waals surface area (Å²) in [5.74, 6) is 3.26. The van der Waals surface area contributed by atoms with Crippen LogP contribution in [0.4, 0.5) is 0 Å². The third kappa shape index (κ3) is 5.43. The van der Waals surface area contributed by atoms with Gasteiger partial charge in [0, 0.05) is 32.0 Å². The molecule has 1 aromatic carbocycles. The number of fused-ring (bicyclic) bond motifs is 1. The molecule has 0 saturated carbocycles. The lowest BCUT2D eigenvalue weighted by molar-refractivity contribution is 0.391. The van der Waals surface area contributed by atoms with Crippen molar-refractivity contribution in [1.82, 2.24) is 25.4 Å². The molecule has 0 bridgehead atoms. The van der Waals surface area contributed by atoms with Gasteiger partial charge in [0.15, 0.2) is 11.8 Å². The topological polar surface area (TPSA) is 67.1 Å². The van der Waals surface area contributed by atoms with Crippen molar-refractivity contribution in [2.75, 3.05) is 7.05 Å². The number of benzene rings is 1. The average molecular weight is 482 g/mol. The molecule has 1 aliphatic heterocycles. The Labute approximate surface area is 179 Å². The van der Waals surface area contributed by atoms with Gasteiger partial charge in [-0.1, -0.05) is 45.0 Å². The van der Waals surface area contributed by atoms with Crippen molar-refractivity contribution in [1.29, 1.82) is 0 Å². The average Bonchev–Trinajstić information content (AvgIpc) is 3.09. The van der Waals surface area contributed by atoms with Crippen molar-refractivity contribution in [3.63, 3.8) is 0 Å². The molecule has 6 nitrogen and oxygen atoms in total. The lowest BCUT2D eigenvalue weighted by Crippen LogP contribution is -2.46. The summed E-state index contributed by atoms with van der Waals surface area (Å²) in [5.41, 5.74) is 2.70. The molecule has 27 heavy (non-hydrogen) atoms. The highest BCUT2D eigenvalue weighted by atomic mass is 127. The van der Waals surface area contributed by atoms with Gasteiger partial charge in [-0.05, 0) is 24.0 Å². The van der Waals surface area contributed by atoms with Gasteiger partial charge in [0.25, 0.3) is 0 Å². The maximum absolute atomic E-state index is 4.66. The van der Waals surface area contributed by atoms with Crippen molar-refractivity contribution < 1.29 is 0 Å². The minimum absolute atomic E-state index is 0. The largest absolute Gasteiger partial charge is 0.352 e. The van der Waals surface area contributed by atoms with Crippen molar-refractivity contribution >= 4 is 29.9 Å². The van der Waals surface area contributed by atoms with E-state index < -0.39 is 0 Å². The number of nitrogens with zero attached hydrogens (tertiary/aromatic N) is 4. The molecule has 2 N–H and O–H groups in total. The zero-order valence-corrected chi connectivity index (χ0v) is 19.0. The predicted molar refractivity (Wildman–Crippen MR) is 121 cm³/mol. The van der Waals surface area contributed by atoms with Gasteiger partial charge in [-0.25, -0.2) is 9.67 Å². The first kappa shape index (κ1) is 21.7. The van der Waals surface area contributed by atoms with Crippen molar-refractivity contribution in [3.05, 3.63) is 47.0 Å². The van der Waals surface area contributed by atoms with Crippen LogP contribution in [0.2, 0.25) is 0 Å². The summed E-state index contributed by atoms with van der Waals surface area (Å²) in [6, 6.07) is 8.86. The van der Waals surface area contributed by atoms with Crippen LogP contribution < -0.4 is 10.6 Å². The Morgan fingerprint density at radius 2 is 2.04 bits per heavy atom. The maximum atomic E-state index is 4.66. The van der Waals surface area contributed by atoms with E-state index in [0.29, 0.717) is 12.0 Å². The minimum atomic E-state index is 0. The van der Waals surface area contributed by atoms with Crippen LogP contribution in [-0.2, 0) is 25.9 Å². The van der Waals surface area contributed by atoms with Crippen molar-refractivity contribution in [2.45, 2.75) is 65.1 Å². The number of halogens is 1. The SMILES string of the molecule is CCc1ccccc1CNC(=NC)NC1CCc2nc(C(C)C)nn2C1.I. The first-order valence-electron chi connectivity index (χ1n) is 9.58. The summed E-state index contributed by atoms with van der Waals surface area (Å²) in [7, 11) is 1.82. The molecule has 7 heteroatoms. The molecule has 0 fully saturated rings. The Morgan fingerprint density at radius 3 is 2.70 bits per heavy atom. The van der Waals surface area contributed by atoms with Crippen LogP contribution in [0.1, 0.15) is 55.9 Å². The fraction of sp³-hybridized carbons (Fsp3) is 0.550. The molecule has 2 heterocycles. The molecule has 0 radical (unpaired) electrons. The van der Waals surface area contributed by atoms with E-state index in [0.717, 1.165) is 50.0 Å². The van der Waals surface area contributed by atoms with E-state index in [1.54, 1.807) is 0 Å². The first-order valence-corrected chi connectivity index (χ1v) is 9.58. The van der Waals surface area contributed by atoms with Crippen LogP contribution in [0.15, 0.2) is 29.3 Å². The highest BCUT2D eigenvalue weighted by molar-refractivity contribution is 14.0. The number of hydrogen-bond donors (Lipinski definition) is 2. The number of rotatable bonds is 5. The fourth-order valence-electron chi connectivity index (χ4n) is 3.33. The molecule has 0 spiro atoms. The Kier molecular flexibility index (Phi) is 8.07. The van der Waals surface area contributed by atoms with Crippen molar-refractivity contribution in [3.8, 4) is 0 Å². The lowest BCUT2D eigenvalue weighted by Gasteiger charge is -2.25. The Bertz CT molecular complexity index is 768. The normalized spacial score (nSPS) is 16.6. The highest BCUT2D eigenvalue weighted by Crippen LogP contribution is 2.17. The van der Waals surface area contributed by atoms with Gasteiger partial charge in [0.05, 0.1) is 6.54 Å². The van der Waals surface area contributed by atoms with E-state index >= 15 is 0 Å². The number of nitrogens with one attached hydrogen (secondary N) is 2. The summed E-state index contributed by atoms with van der Waals surface area (Å²) in [4.78, 5) is 9.05. The Morgan fingerprint density at radius 1 is 1.30 bits per heavy atom. The van der Waals surface area contributed by atoms with Crippen LogP contribution in [0.3, 0.4) is 0 Å². The zero-order chi connectivity index (χ0) is 18.5. The van der Waals surface area contributed by atoms with Gasteiger partial charge in [-0.3, -0.25) is 4.99 Å². The van der Waals surface area contributed by atoms with Crippen molar-refractivity contribution in [2.24, 2.45) is 4.99 Å². The molecule has 0 aliphatic carbocycles. The first-order chi connectivity index (χ1) is 12.6. The molecule has 1 atom stereocenters. The molecule has 0 saturated heterocycles. The fourth-order valence-corrected chi connectivity index (χ4v) is 3.33. The molecule has 1 aromatic heterocycles. The van der Waals surface area contributed by atoms with Crippen LogP contribution in [-0.4, -0.2) is 33.8 Å². The van der Waals surface area contributed by atoms with Gasteiger partial charge in [-0.2, -0.15) is 5.10 Å². The van der Waals surface area contributed by atoms with E-state index in [-0.39, 0.29) is 24.0 Å². The van der Waals surface area contributed by atoms with Gasteiger partial charge in [-0.15, -0.1) is 24.0 Å². The van der Waals surface area contributed by atoms with Gasteiger partial charge in [0.2, 0.25) is 0 Å². The number of aryl methyl sites for hydroxylation is 2. The van der Waals surface area contributed by atoms with E-state index in [1.807, 2.05) is 7.05 Å². The summed E-state index contributed by atoms with van der Waals surface area (Å²) in [5, 5.41) is 11.6. The van der Waals surface area contributed by atoms with Gasteiger partial charge in [0.1, 0.15) is 5.82 Å². The van der Waals surface area contributed by atoms with E-state index in [4.69, 9.17) is 0 Å². The molecule has 1 unspecified atom stereocenters. The third-order valence-corrected chi connectivity index (χ3v) is 4.90. The quantitative estimate of drug-likeness (QED) is 0.390.